The molecule has 0 bridgehead atoms. The lowest BCUT2D eigenvalue weighted by molar-refractivity contribution is -0.00862. The van der Waals surface area contributed by atoms with Gasteiger partial charge in [0.05, 0.1) is 17.2 Å². The Hall–Kier alpha value is -4.00. The second-order valence-corrected chi connectivity index (χ2v) is 8.51. The zero-order valence-corrected chi connectivity index (χ0v) is 19.0. The first-order valence-corrected chi connectivity index (χ1v) is 11.4. The van der Waals surface area contributed by atoms with Gasteiger partial charge in [-0.25, -0.2) is 4.98 Å². The monoisotopic (exact) mass is 454 g/mol. The molecular formula is C27H26N4O3. The van der Waals surface area contributed by atoms with Crippen LogP contribution in [0, 0.1) is 11.3 Å². The average Bonchev–Trinajstić information content (AvgIpc) is 2.89. The third-order valence-electron chi connectivity index (χ3n) is 6.59. The lowest BCUT2D eigenvalue weighted by atomic mass is 9.73. The molecule has 2 aliphatic heterocycles. The lowest BCUT2D eigenvalue weighted by Gasteiger charge is -2.48. The first-order chi connectivity index (χ1) is 16.6. The van der Waals surface area contributed by atoms with Gasteiger partial charge < -0.3 is 19.8 Å². The smallest absolute Gasteiger partial charge is 0.255 e. The number of para-hydroxylation sites is 2. The predicted molar refractivity (Wildman–Crippen MR) is 130 cm³/mol. The molecule has 34 heavy (non-hydrogen) atoms. The number of nitrogens with zero attached hydrogens (tertiary/aromatic N) is 3. The van der Waals surface area contributed by atoms with Crippen LogP contribution in [0.4, 0.5) is 0 Å². The molecule has 7 nitrogen and oxygen atoms in total. The van der Waals surface area contributed by atoms with Crippen LogP contribution in [-0.4, -0.2) is 53.5 Å². The fourth-order valence-electron chi connectivity index (χ4n) is 4.82. The van der Waals surface area contributed by atoms with Gasteiger partial charge >= 0.3 is 0 Å². The fraction of sp³-hybridized carbons (Fsp3) is 0.259. The van der Waals surface area contributed by atoms with Gasteiger partial charge in [-0.05, 0) is 30.3 Å². The molecule has 2 aromatic carbocycles. The highest BCUT2D eigenvalue weighted by atomic mass is 16.5. The van der Waals surface area contributed by atoms with Gasteiger partial charge in [-0.3, -0.25) is 9.79 Å². The number of ether oxygens (including phenoxy) is 2. The van der Waals surface area contributed by atoms with Crippen LogP contribution >= 0.6 is 0 Å². The fourth-order valence-corrected chi connectivity index (χ4v) is 4.82. The second-order valence-electron chi connectivity index (χ2n) is 8.51. The molecule has 1 unspecified atom stereocenters. The van der Waals surface area contributed by atoms with E-state index in [4.69, 9.17) is 14.9 Å². The van der Waals surface area contributed by atoms with Crippen molar-refractivity contribution in [3.8, 4) is 17.4 Å². The number of amides is 1. The zero-order valence-electron chi connectivity index (χ0n) is 19.0. The van der Waals surface area contributed by atoms with E-state index < -0.39 is 5.60 Å². The first-order valence-electron chi connectivity index (χ1n) is 11.4. The van der Waals surface area contributed by atoms with Gasteiger partial charge in [0.1, 0.15) is 17.1 Å². The Bertz CT molecular complexity index is 1220. The van der Waals surface area contributed by atoms with Crippen LogP contribution in [0.1, 0.15) is 28.8 Å². The molecule has 0 aliphatic carbocycles. The highest BCUT2D eigenvalue weighted by molar-refractivity contribution is 6.12. The van der Waals surface area contributed by atoms with Crippen LogP contribution in [0.5, 0.6) is 17.4 Å². The van der Waals surface area contributed by atoms with Crippen LogP contribution in [0.15, 0.2) is 77.9 Å². The van der Waals surface area contributed by atoms with E-state index in [1.165, 1.54) is 6.21 Å². The summed E-state index contributed by atoms with van der Waals surface area (Å²) < 4.78 is 12.2. The third kappa shape index (κ3) is 3.94. The van der Waals surface area contributed by atoms with Crippen molar-refractivity contribution in [2.45, 2.75) is 18.4 Å². The molecular weight excluding hydrogens is 428 g/mol. The summed E-state index contributed by atoms with van der Waals surface area (Å²) >= 11 is 0. The minimum absolute atomic E-state index is 0.0689. The van der Waals surface area contributed by atoms with Crippen molar-refractivity contribution < 1.29 is 14.3 Å². The molecule has 0 radical (unpaired) electrons. The number of benzene rings is 2. The summed E-state index contributed by atoms with van der Waals surface area (Å²) in [5, 5.41) is 8.12. The van der Waals surface area contributed by atoms with Crippen molar-refractivity contribution in [3.63, 3.8) is 0 Å². The predicted octanol–water partition coefficient (Wildman–Crippen LogP) is 4.63. The minimum atomic E-state index is -0.576. The van der Waals surface area contributed by atoms with Crippen LogP contribution in [0.3, 0.4) is 0 Å². The first kappa shape index (κ1) is 21.8. The van der Waals surface area contributed by atoms with Crippen LogP contribution in [0.2, 0.25) is 0 Å². The minimum Gasteiger partial charge on any atom is -0.485 e. The summed E-state index contributed by atoms with van der Waals surface area (Å²) in [6.07, 6.45) is 4.23. The number of hydrogen-bond donors (Lipinski definition) is 1. The SMILES string of the molecule is CN=C1c2ccccc2OC2(CCN(C(=O)c3ccc(Oc4ccccc4)nc3)CC2)C1C=N. The number of aliphatic imine (C=N–C) groups is 1. The number of nitrogens with one attached hydrogen (secondary N) is 1. The average molecular weight is 455 g/mol. The van der Waals surface area contributed by atoms with Crippen LogP contribution in [0.25, 0.3) is 0 Å². The molecule has 1 amide bonds. The van der Waals surface area contributed by atoms with Crippen molar-refractivity contribution in [1.82, 2.24) is 9.88 Å². The topological polar surface area (TPSA) is 87.9 Å². The Balaban J connectivity index is 1.29. The van der Waals surface area contributed by atoms with E-state index in [0.29, 0.717) is 43.1 Å². The van der Waals surface area contributed by atoms with E-state index in [9.17, 15) is 4.79 Å². The molecule has 1 N–H and O–H groups in total. The quantitative estimate of drug-likeness (QED) is 0.583. The van der Waals surface area contributed by atoms with Gasteiger partial charge in [-0.2, -0.15) is 0 Å². The second kappa shape index (κ2) is 9.09. The van der Waals surface area contributed by atoms with E-state index in [2.05, 4.69) is 9.98 Å². The van der Waals surface area contributed by atoms with Gasteiger partial charge in [-0.1, -0.05) is 30.3 Å². The third-order valence-corrected chi connectivity index (χ3v) is 6.59. The summed E-state index contributed by atoms with van der Waals surface area (Å²) in [5.41, 5.74) is 1.75. The summed E-state index contributed by atoms with van der Waals surface area (Å²) in [7, 11) is 1.76. The molecule has 0 saturated carbocycles. The highest BCUT2D eigenvalue weighted by Gasteiger charge is 2.49. The van der Waals surface area contributed by atoms with E-state index >= 15 is 0 Å². The van der Waals surface area contributed by atoms with Crippen molar-refractivity contribution in [3.05, 3.63) is 84.1 Å². The number of pyridine rings is 1. The molecule has 3 heterocycles. The van der Waals surface area contributed by atoms with Gasteiger partial charge in [-0.15, -0.1) is 0 Å². The number of aromatic nitrogens is 1. The van der Waals surface area contributed by atoms with Crippen LogP contribution in [-0.2, 0) is 0 Å². The summed E-state index contributed by atoms with van der Waals surface area (Å²) in [6, 6.07) is 20.7. The van der Waals surface area contributed by atoms with Gasteiger partial charge in [0.2, 0.25) is 5.88 Å². The maximum Gasteiger partial charge on any atom is 0.255 e. The number of carbonyl (C=O) groups is 1. The number of piperidine rings is 1. The maximum atomic E-state index is 13.1. The standard InChI is InChI=1S/C27H26N4O3/c1-29-25-21-9-5-6-10-23(21)34-27(22(25)17-28)13-15-31(16-14-27)26(32)19-11-12-24(30-18-19)33-20-7-3-2-4-8-20/h2-12,17-18,22,28H,13-16H2,1H3. The number of likely N-dealkylation sites (tertiary alicyclic amines) is 1. The Morgan fingerprint density at radius 2 is 1.85 bits per heavy atom. The molecule has 1 spiro atoms. The Morgan fingerprint density at radius 3 is 2.53 bits per heavy atom. The normalized spacial score (nSPS) is 19.9. The van der Waals surface area contributed by atoms with Crippen molar-refractivity contribution in [2.24, 2.45) is 10.9 Å². The zero-order chi connectivity index (χ0) is 23.5. The summed E-state index contributed by atoms with van der Waals surface area (Å²) in [5.74, 6) is 1.61. The van der Waals surface area contributed by atoms with Gasteiger partial charge in [0.15, 0.2) is 0 Å². The molecule has 3 aromatic rings. The summed E-state index contributed by atoms with van der Waals surface area (Å²) in [4.78, 5) is 23.8. The molecule has 2 aliphatic rings. The Labute approximate surface area is 198 Å². The van der Waals surface area contributed by atoms with E-state index in [1.807, 2.05) is 59.5 Å². The van der Waals surface area contributed by atoms with Gasteiger partial charge in [0.25, 0.3) is 5.91 Å². The molecule has 1 saturated heterocycles. The maximum absolute atomic E-state index is 13.1. The molecule has 1 fully saturated rings. The summed E-state index contributed by atoms with van der Waals surface area (Å²) in [6.45, 7) is 1.06. The molecule has 172 valence electrons. The van der Waals surface area contributed by atoms with E-state index in [0.717, 1.165) is 17.0 Å². The number of hydrogen-bond acceptors (Lipinski definition) is 6. The van der Waals surface area contributed by atoms with Crippen molar-refractivity contribution in [2.75, 3.05) is 20.1 Å². The van der Waals surface area contributed by atoms with E-state index in [-0.39, 0.29) is 11.8 Å². The largest absolute Gasteiger partial charge is 0.485 e. The molecule has 1 aromatic heterocycles. The number of carbonyl (C=O) groups excluding carboxylic acids is 1. The van der Waals surface area contributed by atoms with Crippen LogP contribution < -0.4 is 9.47 Å². The van der Waals surface area contributed by atoms with Gasteiger partial charge in [0, 0.05) is 57.0 Å². The molecule has 7 heteroatoms. The number of fused-ring (bicyclic) bond motifs is 1. The van der Waals surface area contributed by atoms with E-state index in [1.54, 1.807) is 25.4 Å². The molecule has 1 atom stereocenters. The Morgan fingerprint density at radius 1 is 1.12 bits per heavy atom. The number of rotatable bonds is 4. The van der Waals surface area contributed by atoms with Crippen molar-refractivity contribution >= 4 is 17.8 Å². The van der Waals surface area contributed by atoms with Crippen molar-refractivity contribution in [1.29, 1.82) is 5.41 Å². The molecule has 5 rings (SSSR count). The lowest BCUT2D eigenvalue weighted by Crippen LogP contribution is -2.58. The highest BCUT2D eigenvalue weighted by Crippen LogP contribution is 2.42. The Kier molecular flexibility index (Phi) is 5.84.